The maximum atomic E-state index is 14.9. The van der Waals surface area contributed by atoms with Crippen molar-refractivity contribution in [2.75, 3.05) is 37.7 Å². The van der Waals surface area contributed by atoms with Gasteiger partial charge in [0.05, 0.1) is 17.8 Å². The Balaban J connectivity index is 0.000000509. The third-order valence-corrected chi connectivity index (χ3v) is 5.74. The van der Waals surface area contributed by atoms with Gasteiger partial charge in [-0.3, -0.25) is 4.79 Å². The number of fused-ring (bicyclic) bond motifs is 1. The molecule has 3 aliphatic rings. The molecule has 0 spiro atoms. The Kier molecular flexibility index (Phi) is 10.6. The molecule has 2 heterocycles. The Bertz CT molecular complexity index is 1030. The van der Waals surface area contributed by atoms with Gasteiger partial charge in [0, 0.05) is 50.2 Å². The first-order valence-electron chi connectivity index (χ1n) is 11.4. The second-order valence-electron chi connectivity index (χ2n) is 8.03. The molecule has 182 valence electrons. The van der Waals surface area contributed by atoms with Crippen LogP contribution in [0.5, 0.6) is 0 Å². The minimum atomic E-state index is -0.692. The summed E-state index contributed by atoms with van der Waals surface area (Å²) in [7, 11) is 0. The van der Waals surface area contributed by atoms with E-state index < -0.39 is 17.2 Å². The molecule has 2 saturated carbocycles. The molecule has 1 aliphatic heterocycles. The molecule has 10 radical (unpaired) electrons. The zero-order valence-electron chi connectivity index (χ0n) is 19.5. The zero-order valence-corrected chi connectivity index (χ0v) is 20.6. The van der Waals surface area contributed by atoms with Gasteiger partial charge in [-0.2, -0.15) is 0 Å². The number of aromatic nitrogens is 1. The molecular weight excluding hydrogens is 489 g/mol. The topological polar surface area (TPSA) is 63.6 Å². The number of nitrogens with one attached hydrogen (secondary N) is 1. The number of nitrogens with zero attached hydrogens (tertiary/aromatic N) is 2. The summed E-state index contributed by atoms with van der Waals surface area (Å²) in [4.78, 5) is 27.2. The standard InChI is InChI=1S/C22H23FN3O3.C5H5.Fe/c1-2-29-22(28)17-14-26(13-15-5-3-4-6-15)19-12-20(25-9-7-24-8-10-25)18(23)11-16(19)21(17)27;1-2-4-5-3-1;/h3-6,11-12,14,24H,2,7-10,13H2,1H3;1-5H;/q;;+2. The molecular formula is C27H28FFeN3O3+2. The van der Waals surface area contributed by atoms with Crippen molar-refractivity contribution >= 4 is 22.6 Å². The average Bonchev–Trinajstić information content (AvgIpc) is 3.59. The van der Waals surface area contributed by atoms with Gasteiger partial charge in [-0.05, 0) is 76.8 Å². The van der Waals surface area contributed by atoms with Gasteiger partial charge < -0.3 is 19.5 Å². The smallest absolute Gasteiger partial charge is 0.462 e. The van der Waals surface area contributed by atoms with Gasteiger partial charge in [-0.1, -0.05) is 0 Å². The fourth-order valence-electron chi connectivity index (χ4n) is 4.07. The maximum Gasteiger partial charge on any atom is 2.00 e. The molecule has 6 nitrogen and oxygen atoms in total. The quantitative estimate of drug-likeness (QED) is 0.488. The second-order valence-corrected chi connectivity index (χ2v) is 8.03. The molecule has 1 aromatic heterocycles. The van der Waals surface area contributed by atoms with E-state index in [-0.39, 0.29) is 34.6 Å². The van der Waals surface area contributed by atoms with Gasteiger partial charge in [0.1, 0.15) is 11.4 Å². The van der Waals surface area contributed by atoms with Crippen molar-refractivity contribution in [3.05, 3.63) is 104 Å². The van der Waals surface area contributed by atoms with E-state index in [1.807, 2.05) is 67.3 Å². The zero-order chi connectivity index (χ0) is 23.9. The number of piperazine rings is 1. The molecule has 1 aromatic carbocycles. The number of rotatable bonds is 5. The summed E-state index contributed by atoms with van der Waals surface area (Å²) in [5.74, 6) is -0.127. The summed E-state index contributed by atoms with van der Waals surface area (Å²) < 4.78 is 21.8. The van der Waals surface area contributed by atoms with Gasteiger partial charge in [-0.15, -0.1) is 0 Å². The van der Waals surface area contributed by atoms with Crippen molar-refractivity contribution in [2.24, 2.45) is 0 Å². The third kappa shape index (κ3) is 6.87. The molecule has 2 aromatic rings. The number of ether oxygens (including phenoxy) is 1. The minimum Gasteiger partial charge on any atom is -0.462 e. The van der Waals surface area contributed by atoms with Crippen LogP contribution in [0, 0.1) is 69.5 Å². The average molecular weight is 517 g/mol. The first kappa shape index (κ1) is 27.7. The van der Waals surface area contributed by atoms with E-state index in [9.17, 15) is 14.0 Å². The van der Waals surface area contributed by atoms with Crippen LogP contribution in [-0.4, -0.2) is 43.3 Å². The molecule has 35 heavy (non-hydrogen) atoms. The molecule has 0 bridgehead atoms. The number of hydrogen-bond acceptors (Lipinski definition) is 5. The molecule has 0 unspecified atom stereocenters. The first-order valence-corrected chi connectivity index (χ1v) is 11.4. The van der Waals surface area contributed by atoms with Gasteiger partial charge >= 0.3 is 23.0 Å². The Hall–Kier alpha value is -1.89. The molecule has 8 heteroatoms. The van der Waals surface area contributed by atoms with Crippen molar-refractivity contribution in [3.8, 4) is 0 Å². The Morgan fingerprint density at radius 3 is 2.26 bits per heavy atom. The van der Waals surface area contributed by atoms with Gasteiger partial charge in [0.2, 0.25) is 5.43 Å². The molecule has 3 fully saturated rings. The number of anilines is 1. The predicted octanol–water partition coefficient (Wildman–Crippen LogP) is 3.15. The van der Waals surface area contributed by atoms with E-state index >= 15 is 0 Å². The van der Waals surface area contributed by atoms with Crippen LogP contribution in [-0.2, 0) is 28.4 Å². The largest absolute Gasteiger partial charge is 2.00 e. The first-order chi connectivity index (χ1) is 16.6. The summed E-state index contributed by atoms with van der Waals surface area (Å²) in [6.45, 7) is 5.24. The molecule has 0 amide bonds. The van der Waals surface area contributed by atoms with Gasteiger partial charge in [0.15, 0.2) is 0 Å². The SMILES string of the molecule is CCOC(=O)c1cn(C[C]2[CH][CH][CH][CH]2)c2cc(N3CCNCC3)c(F)cc2c1=O.[CH]1[CH][CH][CH][CH]1.[Fe+2]. The Morgan fingerprint density at radius 1 is 1.03 bits per heavy atom. The van der Waals surface area contributed by atoms with Crippen LogP contribution in [0.4, 0.5) is 10.1 Å². The molecule has 1 N–H and O–H groups in total. The van der Waals surface area contributed by atoms with E-state index in [4.69, 9.17) is 4.74 Å². The number of carbonyl (C=O) groups is 1. The van der Waals surface area contributed by atoms with E-state index in [0.717, 1.165) is 19.0 Å². The fourth-order valence-corrected chi connectivity index (χ4v) is 4.07. The van der Waals surface area contributed by atoms with E-state index in [2.05, 4.69) is 5.32 Å². The van der Waals surface area contributed by atoms with Gasteiger partial charge in [0.25, 0.3) is 0 Å². The van der Waals surface area contributed by atoms with Crippen molar-refractivity contribution in [1.29, 1.82) is 0 Å². The van der Waals surface area contributed by atoms with Crippen LogP contribution in [0.3, 0.4) is 0 Å². The van der Waals surface area contributed by atoms with Crippen LogP contribution in [0.2, 0.25) is 0 Å². The summed E-state index contributed by atoms with van der Waals surface area (Å²) in [5, 5.41) is 3.43. The monoisotopic (exact) mass is 517 g/mol. The predicted molar refractivity (Wildman–Crippen MR) is 131 cm³/mol. The summed E-state index contributed by atoms with van der Waals surface area (Å²) >= 11 is 0. The van der Waals surface area contributed by atoms with Crippen LogP contribution < -0.4 is 15.6 Å². The van der Waals surface area contributed by atoms with Crippen LogP contribution in [0.25, 0.3) is 10.9 Å². The van der Waals surface area contributed by atoms with E-state index in [0.29, 0.717) is 30.8 Å². The fraction of sp³-hybridized carbons (Fsp3) is 0.259. The van der Waals surface area contributed by atoms with Crippen molar-refractivity contribution in [3.63, 3.8) is 0 Å². The molecule has 5 rings (SSSR count). The van der Waals surface area contributed by atoms with Crippen LogP contribution in [0.1, 0.15) is 17.3 Å². The number of esters is 1. The van der Waals surface area contributed by atoms with Crippen molar-refractivity contribution in [1.82, 2.24) is 9.88 Å². The second kappa shape index (κ2) is 13.4. The van der Waals surface area contributed by atoms with Gasteiger partial charge in [-0.25, -0.2) is 9.18 Å². The van der Waals surface area contributed by atoms with E-state index in [1.54, 1.807) is 13.0 Å². The Morgan fingerprint density at radius 2 is 1.66 bits per heavy atom. The molecule has 2 aliphatic carbocycles. The Labute approximate surface area is 218 Å². The summed E-state index contributed by atoms with van der Waals surface area (Å²) in [5.41, 5.74) is 0.473. The number of hydrogen-bond donors (Lipinski definition) is 1. The third-order valence-electron chi connectivity index (χ3n) is 5.74. The van der Waals surface area contributed by atoms with Crippen molar-refractivity contribution in [2.45, 2.75) is 13.5 Å². The normalized spacial score (nSPS) is 18.2. The van der Waals surface area contributed by atoms with Crippen LogP contribution >= 0.6 is 0 Å². The number of benzene rings is 1. The molecule has 1 saturated heterocycles. The number of pyridine rings is 1. The molecule has 0 atom stereocenters. The summed E-state index contributed by atoms with van der Waals surface area (Å²) in [6, 6.07) is 2.97. The number of carbonyl (C=O) groups excluding carboxylic acids is 1. The minimum absolute atomic E-state index is 0. The summed E-state index contributed by atoms with van der Waals surface area (Å²) in [6.07, 6.45) is 19.3. The van der Waals surface area contributed by atoms with E-state index in [1.165, 1.54) is 12.3 Å². The number of halogens is 1. The van der Waals surface area contributed by atoms with Crippen molar-refractivity contribution < 1.29 is 31.0 Å². The van der Waals surface area contributed by atoms with Crippen LogP contribution in [0.15, 0.2) is 23.1 Å². The maximum absolute atomic E-state index is 14.9.